The third-order valence-corrected chi connectivity index (χ3v) is 4.38. The number of aromatic nitrogens is 2. The number of nitrogens with one attached hydrogen (secondary N) is 1. The maximum atomic E-state index is 12.1. The number of carbonyl (C=O) groups is 1. The number of nitrogens with zero attached hydrogens (tertiary/aromatic N) is 3. The number of anilines is 1. The number of amides is 1. The van der Waals surface area contributed by atoms with Gasteiger partial charge in [0, 0.05) is 44.0 Å². The van der Waals surface area contributed by atoms with Crippen molar-refractivity contribution in [2.45, 2.75) is 13.3 Å². The van der Waals surface area contributed by atoms with Gasteiger partial charge >= 0.3 is 0 Å². The minimum Gasteiger partial charge on any atom is -0.382 e. The third-order valence-electron chi connectivity index (χ3n) is 4.38. The van der Waals surface area contributed by atoms with Crippen LogP contribution in [-0.2, 0) is 9.47 Å². The van der Waals surface area contributed by atoms with Crippen LogP contribution in [0.1, 0.15) is 23.7 Å². The van der Waals surface area contributed by atoms with Gasteiger partial charge in [-0.3, -0.25) is 4.79 Å². The molecule has 0 radical (unpaired) electrons. The predicted molar refractivity (Wildman–Crippen MR) is 104 cm³/mol. The second kappa shape index (κ2) is 9.99. The van der Waals surface area contributed by atoms with E-state index in [1.165, 1.54) is 0 Å². The molecular weight excluding hydrogens is 344 g/mol. The second-order valence-electron chi connectivity index (χ2n) is 6.26. The molecule has 2 aromatic rings. The van der Waals surface area contributed by atoms with Crippen LogP contribution in [0.25, 0.3) is 11.3 Å². The Morgan fingerprint density at radius 3 is 2.59 bits per heavy atom. The first-order valence-corrected chi connectivity index (χ1v) is 9.40. The first-order valence-electron chi connectivity index (χ1n) is 9.40. The molecule has 0 spiro atoms. The van der Waals surface area contributed by atoms with Gasteiger partial charge in [-0.1, -0.05) is 12.1 Å². The zero-order chi connectivity index (χ0) is 18.9. The van der Waals surface area contributed by atoms with Gasteiger partial charge in [-0.15, -0.1) is 10.2 Å². The van der Waals surface area contributed by atoms with Crippen LogP contribution < -0.4 is 10.2 Å². The van der Waals surface area contributed by atoms with E-state index in [2.05, 4.69) is 20.4 Å². The SMILES string of the molecule is CCOCCCNC(=O)c1ccc(-c2ccc(N3CCOCC3)nn2)cc1. The molecule has 7 heteroatoms. The summed E-state index contributed by atoms with van der Waals surface area (Å²) < 4.78 is 10.6. The van der Waals surface area contributed by atoms with Crippen molar-refractivity contribution in [3.8, 4) is 11.3 Å². The van der Waals surface area contributed by atoms with Gasteiger partial charge in [0.2, 0.25) is 0 Å². The number of morpholine rings is 1. The summed E-state index contributed by atoms with van der Waals surface area (Å²) in [5, 5.41) is 11.6. The topological polar surface area (TPSA) is 76.6 Å². The molecule has 1 aromatic heterocycles. The summed E-state index contributed by atoms with van der Waals surface area (Å²) in [4.78, 5) is 14.3. The minimum absolute atomic E-state index is 0.0770. The molecular formula is C20H26N4O3. The molecule has 3 rings (SSSR count). The highest BCUT2D eigenvalue weighted by Crippen LogP contribution is 2.19. The molecule has 2 heterocycles. The van der Waals surface area contributed by atoms with Gasteiger partial charge in [-0.05, 0) is 37.6 Å². The van der Waals surface area contributed by atoms with E-state index in [-0.39, 0.29) is 5.91 Å². The number of benzene rings is 1. The quantitative estimate of drug-likeness (QED) is 0.718. The van der Waals surface area contributed by atoms with Crippen LogP contribution in [0, 0.1) is 0 Å². The van der Waals surface area contributed by atoms with E-state index in [9.17, 15) is 4.79 Å². The van der Waals surface area contributed by atoms with Crippen molar-refractivity contribution in [3.63, 3.8) is 0 Å². The zero-order valence-electron chi connectivity index (χ0n) is 15.7. The number of hydrogen-bond acceptors (Lipinski definition) is 6. The molecule has 0 unspecified atom stereocenters. The van der Waals surface area contributed by atoms with E-state index in [1.807, 2.05) is 43.3 Å². The minimum atomic E-state index is -0.0770. The molecule has 1 fully saturated rings. The largest absolute Gasteiger partial charge is 0.382 e. The smallest absolute Gasteiger partial charge is 0.251 e. The highest BCUT2D eigenvalue weighted by atomic mass is 16.5. The van der Waals surface area contributed by atoms with Gasteiger partial charge in [-0.25, -0.2) is 0 Å². The van der Waals surface area contributed by atoms with Crippen LogP contribution >= 0.6 is 0 Å². The fourth-order valence-corrected chi connectivity index (χ4v) is 2.86. The lowest BCUT2D eigenvalue weighted by Crippen LogP contribution is -2.36. The summed E-state index contributed by atoms with van der Waals surface area (Å²) in [6.07, 6.45) is 0.808. The van der Waals surface area contributed by atoms with Gasteiger partial charge in [-0.2, -0.15) is 0 Å². The van der Waals surface area contributed by atoms with Crippen LogP contribution in [-0.4, -0.2) is 62.2 Å². The van der Waals surface area contributed by atoms with Crippen molar-refractivity contribution < 1.29 is 14.3 Å². The molecule has 0 bridgehead atoms. The van der Waals surface area contributed by atoms with Crippen LogP contribution in [0.15, 0.2) is 36.4 Å². The van der Waals surface area contributed by atoms with Gasteiger partial charge in [0.1, 0.15) is 0 Å². The Labute approximate surface area is 159 Å². The Bertz CT molecular complexity index is 713. The van der Waals surface area contributed by atoms with E-state index < -0.39 is 0 Å². The molecule has 1 N–H and O–H groups in total. The van der Waals surface area contributed by atoms with Gasteiger partial charge in [0.15, 0.2) is 5.82 Å². The van der Waals surface area contributed by atoms with E-state index >= 15 is 0 Å². The van der Waals surface area contributed by atoms with Crippen LogP contribution in [0.4, 0.5) is 5.82 Å². The summed E-state index contributed by atoms with van der Waals surface area (Å²) >= 11 is 0. The lowest BCUT2D eigenvalue weighted by molar-refractivity contribution is 0.0944. The fraction of sp³-hybridized carbons (Fsp3) is 0.450. The standard InChI is InChI=1S/C20H26N4O3/c1-2-26-13-3-10-21-20(25)17-6-4-16(5-7-17)18-8-9-19(23-22-18)24-11-14-27-15-12-24/h4-9H,2-3,10-15H2,1H3,(H,21,25). The maximum absolute atomic E-state index is 12.1. The van der Waals surface area contributed by atoms with Crippen molar-refractivity contribution >= 4 is 11.7 Å². The molecule has 27 heavy (non-hydrogen) atoms. The lowest BCUT2D eigenvalue weighted by atomic mass is 10.1. The zero-order valence-corrected chi connectivity index (χ0v) is 15.7. The van der Waals surface area contributed by atoms with Crippen molar-refractivity contribution in [2.75, 3.05) is 51.0 Å². The molecule has 1 saturated heterocycles. The van der Waals surface area contributed by atoms with E-state index in [4.69, 9.17) is 9.47 Å². The molecule has 1 aromatic carbocycles. The van der Waals surface area contributed by atoms with E-state index in [0.717, 1.165) is 49.8 Å². The molecule has 0 saturated carbocycles. The monoisotopic (exact) mass is 370 g/mol. The first kappa shape index (κ1) is 19.3. The van der Waals surface area contributed by atoms with Crippen molar-refractivity contribution in [1.29, 1.82) is 0 Å². The summed E-state index contributed by atoms with van der Waals surface area (Å²) in [6.45, 7) is 7.04. The second-order valence-corrected chi connectivity index (χ2v) is 6.26. The van der Waals surface area contributed by atoms with E-state index in [0.29, 0.717) is 25.3 Å². The molecule has 144 valence electrons. The Morgan fingerprint density at radius 2 is 1.93 bits per heavy atom. The van der Waals surface area contributed by atoms with Crippen LogP contribution in [0.2, 0.25) is 0 Å². The van der Waals surface area contributed by atoms with Crippen molar-refractivity contribution in [1.82, 2.24) is 15.5 Å². The Balaban J connectivity index is 1.55. The Morgan fingerprint density at radius 1 is 1.15 bits per heavy atom. The number of ether oxygens (including phenoxy) is 2. The molecule has 0 atom stereocenters. The predicted octanol–water partition coefficient (Wildman–Crippen LogP) is 2.14. The summed E-state index contributed by atoms with van der Waals surface area (Å²) in [5.41, 5.74) is 2.35. The van der Waals surface area contributed by atoms with Crippen molar-refractivity contribution in [2.24, 2.45) is 0 Å². The average Bonchev–Trinajstić information content (AvgIpc) is 2.74. The van der Waals surface area contributed by atoms with Gasteiger partial charge in [0.25, 0.3) is 5.91 Å². The molecule has 1 aliphatic rings. The Kier molecular flexibility index (Phi) is 7.12. The normalized spacial score (nSPS) is 14.2. The molecule has 0 aliphatic carbocycles. The average molecular weight is 370 g/mol. The number of rotatable bonds is 8. The van der Waals surface area contributed by atoms with Crippen LogP contribution in [0.5, 0.6) is 0 Å². The van der Waals surface area contributed by atoms with Crippen LogP contribution in [0.3, 0.4) is 0 Å². The molecule has 1 amide bonds. The highest BCUT2D eigenvalue weighted by Gasteiger charge is 2.13. The highest BCUT2D eigenvalue weighted by molar-refractivity contribution is 5.94. The van der Waals surface area contributed by atoms with Gasteiger partial charge < -0.3 is 19.7 Å². The van der Waals surface area contributed by atoms with Gasteiger partial charge in [0.05, 0.1) is 18.9 Å². The number of hydrogen-bond donors (Lipinski definition) is 1. The first-order chi connectivity index (χ1) is 13.3. The third kappa shape index (κ3) is 5.48. The summed E-state index contributed by atoms with van der Waals surface area (Å²) in [5.74, 6) is 0.789. The summed E-state index contributed by atoms with van der Waals surface area (Å²) in [7, 11) is 0. The van der Waals surface area contributed by atoms with Crippen molar-refractivity contribution in [3.05, 3.63) is 42.0 Å². The Hall–Kier alpha value is -2.51. The summed E-state index contributed by atoms with van der Waals surface area (Å²) in [6, 6.07) is 11.4. The maximum Gasteiger partial charge on any atom is 0.251 e. The molecule has 1 aliphatic heterocycles. The molecule has 7 nitrogen and oxygen atoms in total. The lowest BCUT2D eigenvalue weighted by Gasteiger charge is -2.27. The fourth-order valence-electron chi connectivity index (χ4n) is 2.86. The number of carbonyl (C=O) groups excluding carboxylic acids is 1. The van der Waals surface area contributed by atoms with E-state index in [1.54, 1.807) is 0 Å².